The number of ether oxygens (including phenoxy) is 7. The van der Waals surface area contributed by atoms with Crippen LogP contribution in [0.25, 0.3) is 22.0 Å². The summed E-state index contributed by atoms with van der Waals surface area (Å²) >= 11 is 6.86. The standard InChI is InChI=1S/C74H92ClN7O17/c1-45-18-17-25-62(93-10)74(92)42-61(97-71(90)77-74)47(3)68-73(5,99-68)63(41-65(85)80(8)60-38-49(36-45)37-46(2)67(60)75)98-70(89)48(4)79(7)64(84)29-32-94-34-35-95-33-30-76-69(88)51(26-27-66(86)87)40-53(83)28-31-82-52(39-50-19-11-16-24-59(50)82)43-78(6)81(9)72(91)96-44-58-56-22-14-12-20-54(56)55-21-13-15-23-57(55)58/h11-25,37-39,47-48,51,58,61-63,68,92H,26-36,40-44H2,1-10H3,(H,76,88)(H,77,90)(H,86,87)/b25-17+,45-18+/t47-,48+,51-,61+,62-,63+,68?,73+,74-/m1/s1. The number of carboxylic acids is 1. The van der Waals surface area contributed by atoms with E-state index in [1.807, 2.05) is 91.2 Å². The number of rotatable bonds is 27. The molecule has 0 radical (unpaired) electrons. The van der Waals surface area contributed by atoms with Crippen molar-refractivity contribution in [2.45, 2.75) is 147 Å². The first-order valence-corrected chi connectivity index (χ1v) is 33.9. The van der Waals surface area contributed by atoms with E-state index in [1.54, 1.807) is 52.2 Å². The van der Waals surface area contributed by atoms with Gasteiger partial charge in [0.25, 0.3) is 0 Å². The van der Waals surface area contributed by atoms with Crippen molar-refractivity contribution in [3.05, 3.63) is 148 Å². The second kappa shape index (κ2) is 33.1. The minimum absolute atomic E-state index is 0.0317. The van der Waals surface area contributed by atoms with Gasteiger partial charge in [0, 0.05) is 103 Å². The van der Waals surface area contributed by atoms with Gasteiger partial charge in [0.1, 0.15) is 42.3 Å². The number of aryl methyl sites for hydroxylation is 2. The van der Waals surface area contributed by atoms with Gasteiger partial charge in [-0.05, 0) is 97.5 Å². The Hall–Kier alpha value is -8.49. The van der Waals surface area contributed by atoms with E-state index in [9.17, 15) is 48.6 Å². The Morgan fingerprint density at radius 1 is 0.889 bits per heavy atom. The van der Waals surface area contributed by atoms with Crippen LogP contribution in [-0.2, 0) is 81.4 Å². The predicted octanol–water partition coefficient (Wildman–Crippen LogP) is 9.07. The number of carbonyl (C=O) groups excluding carboxylic acids is 7. The summed E-state index contributed by atoms with van der Waals surface area (Å²) in [7, 11) is 7.88. The lowest BCUT2D eigenvalue weighted by Gasteiger charge is -2.42. The number of amides is 5. The average Bonchev–Trinajstić information content (AvgIpc) is 1.58. The Labute approximate surface area is 582 Å². The van der Waals surface area contributed by atoms with Crippen molar-refractivity contribution in [2.75, 3.05) is 79.8 Å². The first kappa shape index (κ1) is 74.7. The maximum absolute atomic E-state index is 14.4. The number of Topliss-reactive ketones (excluding diaryl/α,β-unsaturated/α-hetero) is 1. The zero-order valence-corrected chi connectivity index (χ0v) is 58.7. The van der Waals surface area contributed by atoms with Crippen molar-refractivity contribution in [1.29, 1.82) is 0 Å². The minimum atomic E-state index is -1.88. The van der Waals surface area contributed by atoms with Gasteiger partial charge in [0.2, 0.25) is 17.7 Å². The molecule has 99 heavy (non-hydrogen) atoms. The number of methoxy groups -OCH3 is 1. The first-order valence-electron chi connectivity index (χ1n) is 33.5. The van der Waals surface area contributed by atoms with Crippen molar-refractivity contribution >= 4 is 75.8 Å². The molecule has 2 saturated heterocycles. The molecule has 2 fully saturated rings. The lowest BCUT2D eigenvalue weighted by molar-refractivity contribution is -0.162. The number of hydrogen-bond acceptors (Lipinski definition) is 17. The van der Waals surface area contributed by atoms with Gasteiger partial charge in [0.05, 0.1) is 62.6 Å². The zero-order valence-electron chi connectivity index (χ0n) is 58.0. The normalized spacial score (nSPS) is 22.9. The highest BCUT2D eigenvalue weighted by Gasteiger charge is 2.64. The number of hydrazine groups is 1. The number of carbonyl (C=O) groups is 8. The number of hydrogen-bond donors (Lipinski definition) is 4. The molecule has 3 aliphatic heterocycles. The van der Waals surface area contributed by atoms with Crippen molar-refractivity contribution in [2.24, 2.45) is 11.8 Å². The maximum Gasteiger partial charge on any atom is 0.424 e. The Kier molecular flexibility index (Phi) is 25.0. The summed E-state index contributed by atoms with van der Waals surface area (Å²) in [6, 6.07) is 28.6. The molecule has 25 heteroatoms. The van der Waals surface area contributed by atoms with Crippen molar-refractivity contribution in [1.82, 2.24) is 30.1 Å². The molecule has 4 heterocycles. The molecule has 24 nitrogen and oxygen atoms in total. The van der Waals surface area contributed by atoms with E-state index >= 15 is 0 Å². The van der Waals surface area contributed by atoms with Gasteiger partial charge >= 0.3 is 24.1 Å². The number of esters is 1. The van der Waals surface area contributed by atoms with Crippen LogP contribution in [0.4, 0.5) is 15.3 Å². The number of carboxylic acid groups (broad SMARTS) is 1. The molecule has 4 aliphatic rings. The number of epoxide rings is 1. The summed E-state index contributed by atoms with van der Waals surface area (Å²) in [5.74, 6) is -5.14. The lowest BCUT2D eigenvalue weighted by Crippen LogP contribution is -2.63. The topological polar surface area (TPSA) is 287 Å². The Bertz CT molecular complexity index is 3810. The van der Waals surface area contributed by atoms with E-state index in [0.717, 1.165) is 55.6 Å². The molecule has 4 bridgehead atoms. The van der Waals surface area contributed by atoms with E-state index in [1.165, 1.54) is 35.9 Å². The zero-order chi connectivity index (χ0) is 71.5. The molecule has 4 aromatic carbocycles. The van der Waals surface area contributed by atoms with Crippen LogP contribution in [0.5, 0.6) is 0 Å². The monoisotopic (exact) mass is 1390 g/mol. The number of aromatic nitrogens is 1. The Morgan fingerprint density at radius 2 is 1.57 bits per heavy atom. The predicted molar refractivity (Wildman–Crippen MR) is 369 cm³/mol. The van der Waals surface area contributed by atoms with Gasteiger partial charge in [-0.1, -0.05) is 115 Å². The van der Waals surface area contributed by atoms with Gasteiger partial charge in [-0.15, -0.1) is 0 Å². The third-order valence-corrected chi connectivity index (χ3v) is 20.0. The number of para-hydroxylation sites is 1. The van der Waals surface area contributed by atoms with Gasteiger partial charge in [-0.25, -0.2) is 24.4 Å². The molecule has 0 saturated carbocycles. The number of benzene rings is 4. The largest absolute Gasteiger partial charge is 0.481 e. The highest BCUT2D eigenvalue weighted by molar-refractivity contribution is 6.34. The molecule has 4 N–H and O–H groups in total. The number of ketones is 1. The number of likely N-dealkylation sites (N-methyl/N-ethyl adjacent to an activating group) is 1. The maximum atomic E-state index is 14.4. The molecule has 0 spiro atoms. The summed E-state index contributed by atoms with van der Waals surface area (Å²) in [6.45, 7) is 9.73. The van der Waals surface area contributed by atoms with Gasteiger partial charge < -0.3 is 63.1 Å². The van der Waals surface area contributed by atoms with E-state index in [0.29, 0.717) is 23.7 Å². The fourth-order valence-electron chi connectivity index (χ4n) is 13.4. The smallest absolute Gasteiger partial charge is 0.424 e. The van der Waals surface area contributed by atoms with Crippen molar-refractivity contribution < 1.29 is 81.7 Å². The quantitative estimate of drug-likeness (QED) is 0.0125. The summed E-state index contributed by atoms with van der Waals surface area (Å²) in [5.41, 5.74) is 6.00. The SMILES string of the molecule is CO[C@@H]1/C=C/C=C(\C)Cc2cc(C)c(Cl)c(c2)N(C)C(=O)C[C@H](OC(=O)[C@H](C)N(C)C(=O)CCOCCOCCNC(=O)[C@H](CCC(=O)O)CC(=O)CCn2c(CN(C)N(C)C(=O)OCC3c4ccccc4-c4ccccc43)cc3ccccc32)[C@]2(C)OC2[C@H](C)[C@@H]2C[C@]1(O)NC(=O)O2. The molecule has 9 atom stereocenters. The number of fused-ring (bicyclic) bond motifs is 9. The first-order chi connectivity index (χ1) is 47.2. The van der Waals surface area contributed by atoms with Crippen LogP contribution in [0.1, 0.15) is 107 Å². The van der Waals surface area contributed by atoms with E-state index in [2.05, 4.69) is 34.9 Å². The summed E-state index contributed by atoms with van der Waals surface area (Å²) in [6.07, 6.45) is -0.568. The van der Waals surface area contributed by atoms with Crippen LogP contribution >= 0.6 is 11.6 Å². The summed E-state index contributed by atoms with van der Waals surface area (Å²) in [5, 5.41) is 31.2. The molecular formula is C74H92ClN7O17. The van der Waals surface area contributed by atoms with Crippen LogP contribution in [0.2, 0.25) is 5.02 Å². The molecule has 1 aliphatic carbocycles. The number of alkyl carbamates (subject to hydrolysis) is 1. The van der Waals surface area contributed by atoms with Gasteiger partial charge in [0.15, 0.2) is 5.72 Å². The third kappa shape index (κ3) is 18.1. The van der Waals surface area contributed by atoms with Gasteiger partial charge in [-0.3, -0.25) is 29.3 Å². The summed E-state index contributed by atoms with van der Waals surface area (Å²) in [4.78, 5) is 110. The van der Waals surface area contributed by atoms with Crippen LogP contribution in [0.15, 0.2) is 115 Å². The van der Waals surface area contributed by atoms with E-state index < -0.39 is 95.5 Å². The Balaban J connectivity index is 0.722. The number of nitrogens with one attached hydrogen (secondary N) is 2. The lowest BCUT2D eigenvalue weighted by atomic mass is 9.83. The van der Waals surface area contributed by atoms with Crippen LogP contribution in [-0.4, -0.2) is 194 Å². The number of anilines is 1. The van der Waals surface area contributed by atoms with Crippen molar-refractivity contribution in [3.8, 4) is 11.1 Å². The fourth-order valence-corrected chi connectivity index (χ4v) is 13.6. The molecule has 1 unspecified atom stereocenters. The number of halogens is 1. The third-order valence-electron chi connectivity index (χ3n) is 19.5. The average molecular weight is 1390 g/mol. The van der Waals surface area contributed by atoms with Crippen LogP contribution < -0.4 is 15.5 Å². The van der Waals surface area contributed by atoms with E-state index in [4.69, 9.17) is 44.8 Å². The molecule has 5 amide bonds. The highest BCUT2D eigenvalue weighted by Crippen LogP contribution is 2.50. The fraction of sp³-hybridized carbons (Fsp3) is 0.486. The minimum Gasteiger partial charge on any atom is -0.481 e. The summed E-state index contributed by atoms with van der Waals surface area (Å²) < 4.78 is 43.2. The number of aliphatic hydroxyl groups is 1. The molecule has 1 aromatic heterocycles. The second-order valence-corrected chi connectivity index (χ2v) is 26.8. The van der Waals surface area contributed by atoms with Crippen LogP contribution in [0.3, 0.4) is 0 Å². The van der Waals surface area contributed by atoms with Gasteiger partial charge in [-0.2, -0.15) is 0 Å². The molecule has 5 aromatic rings. The number of aliphatic carboxylic acids is 1. The van der Waals surface area contributed by atoms with E-state index in [-0.39, 0.29) is 103 Å². The highest BCUT2D eigenvalue weighted by atomic mass is 35.5. The van der Waals surface area contributed by atoms with Crippen molar-refractivity contribution in [3.63, 3.8) is 0 Å². The molecule has 9 rings (SSSR count). The molecular weight excluding hydrogens is 1290 g/mol. The van der Waals surface area contributed by atoms with Crippen LogP contribution in [0, 0.1) is 18.8 Å². The molecule has 532 valence electrons. The number of nitrogens with zero attached hydrogens (tertiary/aromatic N) is 5. The second-order valence-electron chi connectivity index (χ2n) is 26.4. The Morgan fingerprint density at radius 3 is 2.26 bits per heavy atom. The number of allylic oxidation sites excluding steroid dienone is 3.